The predicted octanol–water partition coefficient (Wildman–Crippen LogP) is 1.68. The summed E-state index contributed by atoms with van der Waals surface area (Å²) in [5, 5.41) is 2.92. The number of nitrogens with two attached hydrogens (primary N) is 1. The van der Waals surface area contributed by atoms with Gasteiger partial charge in [0.25, 0.3) is 11.5 Å². The highest BCUT2D eigenvalue weighted by molar-refractivity contribution is 7.89. The molecule has 0 radical (unpaired) electrons. The number of primary amides is 1. The van der Waals surface area contributed by atoms with E-state index in [4.69, 9.17) is 5.73 Å². The third-order valence-electron chi connectivity index (χ3n) is 5.55. The van der Waals surface area contributed by atoms with Crippen LogP contribution in [0, 0.1) is 6.92 Å². The Morgan fingerprint density at radius 1 is 1.15 bits per heavy atom. The number of nitrogens with one attached hydrogen (secondary N) is 1. The van der Waals surface area contributed by atoms with E-state index in [1.807, 2.05) is 0 Å². The molecule has 0 bridgehead atoms. The highest BCUT2D eigenvalue weighted by Gasteiger charge is 2.25. The summed E-state index contributed by atoms with van der Waals surface area (Å²) in [7, 11) is -3.56. The zero-order valence-electron chi connectivity index (χ0n) is 17.9. The van der Waals surface area contributed by atoms with Crippen molar-refractivity contribution in [3.63, 3.8) is 0 Å². The number of hydrogen-bond donors (Lipinski definition) is 2. The van der Waals surface area contributed by atoms with Gasteiger partial charge in [0.05, 0.1) is 21.5 Å². The molecule has 4 rings (SSSR count). The normalized spacial score (nSPS) is 14.9. The fourth-order valence-corrected chi connectivity index (χ4v) is 6.34. The predicted molar refractivity (Wildman–Crippen MR) is 125 cm³/mol. The first-order valence-corrected chi connectivity index (χ1v) is 12.6. The van der Waals surface area contributed by atoms with Crippen LogP contribution in [0.15, 0.2) is 40.3 Å². The molecule has 1 aliphatic heterocycles. The van der Waals surface area contributed by atoms with Gasteiger partial charge in [0.15, 0.2) is 0 Å². The molecule has 3 aromatic rings. The molecule has 10 nitrogen and oxygen atoms in total. The Morgan fingerprint density at radius 3 is 2.45 bits per heavy atom. The van der Waals surface area contributed by atoms with E-state index in [9.17, 15) is 22.8 Å². The van der Waals surface area contributed by atoms with Gasteiger partial charge in [-0.25, -0.2) is 13.4 Å². The molecule has 0 spiro atoms. The van der Waals surface area contributed by atoms with Crippen LogP contribution in [0.3, 0.4) is 0 Å². The van der Waals surface area contributed by atoms with Crippen LogP contribution in [0.5, 0.6) is 0 Å². The lowest BCUT2D eigenvalue weighted by Crippen LogP contribution is -2.35. The number of sulfonamides is 1. The van der Waals surface area contributed by atoms with Crippen molar-refractivity contribution in [2.24, 2.45) is 5.73 Å². The van der Waals surface area contributed by atoms with E-state index >= 15 is 0 Å². The Kier molecular flexibility index (Phi) is 6.32. The largest absolute Gasteiger partial charge is 0.365 e. The molecule has 3 heterocycles. The minimum atomic E-state index is -3.56. The van der Waals surface area contributed by atoms with E-state index in [0.717, 1.165) is 35.2 Å². The van der Waals surface area contributed by atoms with Crippen LogP contribution in [0.25, 0.3) is 10.2 Å². The molecule has 0 atom stereocenters. The van der Waals surface area contributed by atoms with Gasteiger partial charge in [0.1, 0.15) is 11.4 Å². The molecule has 1 saturated heterocycles. The fourth-order valence-electron chi connectivity index (χ4n) is 3.83. The van der Waals surface area contributed by atoms with Crippen LogP contribution in [0.2, 0.25) is 0 Å². The Hall–Kier alpha value is -3.09. The Labute approximate surface area is 194 Å². The molecule has 0 saturated carbocycles. The highest BCUT2D eigenvalue weighted by atomic mass is 32.2. The van der Waals surface area contributed by atoms with E-state index < -0.39 is 27.4 Å². The second kappa shape index (κ2) is 9.04. The first-order valence-electron chi connectivity index (χ1n) is 10.4. The van der Waals surface area contributed by atoms with Gasteiger partial charge in [-0.05, 0) is 49.6 Å². The third kappa shape index (κ3) is 4.54. The molecule has 1 aromatic carbocycles. The fraction of sp³-hybridized carbons (Fsp3) is 0.333. The maximum absolute atomic E-state index is 12.8. The summed E-state index contributed by atoms with van der Waals surface area (Å²) in [6, 6.07) is 5.95. The summed E-state index contributed by atoms with van der Waals surface area (Å²) < 4.78 is 28.1. The van der Waals surface area contributed by atoms with Crippen molar-refractivity contribution in [2.75, 3.05) is 18.4 Å². The standard InChI is InChI=1S/C21H23N5O5S2/c1-13-17-20(32-18(13)19(22)28)23-12-25(21(17)29)11-16(27)24-14-5-7-15(8-6-14)33(30,31)26-9-3-2-4-10-26/h5-8,12H,2-4,9-11H2,1H3,(H2,22,28)(H,24,27). The number of aryl methyl sites for hydroxylation is 1. The number of carbonyl (C=O) groups excluding carboxylic acids is 2. The summed E-state index contributed by atoms with van der Waals surface area (Å²) in [5.41, 5.74) is 5.75. The van der Waals surface area contributed by atoms with Crippen molar-refractivity contribution in [1.29, 1.82) is 0 Å². The van der Waals surface area contributed by atoms with Crippen LogP contribution in [0.1, 0.15) is 34.5 Å². The molecule has 174 valence electrons. The number of nitrogens with zero attached hydrogens (tertiary/aromatic N) is 3. The lowest BCUT2D eigenvalue weighted by Gasteiger charge is -2.25. The Balaban J connectivity index is 1.48. The maximum atomic E-state index is 12.8. The van der Waals surface area contributed by atoms with Crippen molar-refractivity contribution >= 4 is 49.1 Å². The van der Waals surface area contributed by atoms with Crippen molar-refractivity contribution in [3.05, 3.63) is 51.4 Å². The number of rotatable bonds is 6. The molecule has 2 aromatic heterocycles. The third-order valence-corrected chi connectivity index (χ3v) is 8.67. The topological polar surface area (TPSA) is 144 Å². The van der Waals surface area contributed by atoms with Gasteiger partial charge >= 0.3 is 0 Å². The second-order valence-electron chi connectivity index (χ2n) is 7.82. The summed E-state index contributed by atoms with van der Waals surface area (Å²) in [6.07, 6.45) is 3.98. The van der Waals surface area contributed by atoms with Gasteiger partial charge in [-0.1, -0.05) is 6.42 Å². The molecule has 12 heteroatoms. The molecular formula is C21H23N5O5S2. The molecule has 0 unspecified atom stereocenters. The molecular weight excluding hydrogens is 466 g/mol. The molecule has 2 amide bonds. The molecule has 0 aliphatic carbocycles. The number of aromatic nitrogens is 2. The van der Waals surface area contributed by atoms with Crippen LogP contribution in [-0.2, 0) is 21.4 Å². The lowest BCUT2D eigenvalue weighted by molar-refractivity contribution is -0.116. The minimum Gasteiger partial charge on any atom is -0.365 e. The molecule has 1 aliphatic rings. The minimum absolute atomic E-state index is 0.173. The van der Waals surface area contributed by atoms with Gasteiger partial charge < -0.3 is 11.1 Å². The van der Waals surface area contributed by atoms with Gasteiger partial charge in [0, 0.05) is 18.8 Å². The zero-order valence-corrected chi connectivity index (χ0v) is 19.5. The average Bonchev–Trinajstić information content (AvgIpc) is 3.14. The molecule has 3 N–H and O–H groups in total. The number of piperidine rings is 1. The number of benzene rings is 1. The first-order chi connectivity index (χ1) is 15.7. The van der Waals surface area contributed by atoms with Crippen molar-refractivity contribution < 1.29 is 18.0 Å². The van der Waals surface area contributed by atoms with Crippen LogP contribution < -0.4 is 16.6 Å². The summed E-state index contributed by atoms with van der Waals surface area (Å²) in [6.45, 7) is 2.35. The highest BCUT2D eigenvalue weighted by Crippen LogP contribution is 2.26. The van der Waals surface area contributed by atoms with Gasteiger partial charge in [-0.2, -0.15) is 4.31 Å². The number of hydrogen-bond acceptors (Lipinski definition) is 7. The van der Waals surface area contributed by atoms with Crippen LogP contribution >= 0.6 is 11.3 Å². The number of carbonyl (C=O) groups is 2. The van der Waals surface area contributed by atoms with E-state index in [2.05, 4.69) is 10.3 Å². The number of thiophene rings is 1. The summed E-state index contributed by atoms with van der Waals surface area (Å²) in [4.78, 5) is 41.8. The Bertz CT molecular complexity index is 1390. The van der Waals surface area contributed by atoms with Crippen LogP contribution in [0.4, 0.5) is 5.69 Å². The second-order valence-corrected chi connectivity index (χ2v) is 10.8. The van der Waals surface area contributed by atoms with Gasteiger partial charge in [0.2, 0.25) is 15.9 Å². The number of amides is 2. The van der Waals surface area contributed by atoms with Crippen LogP contribution in [-0.4, -0.2) is 47.2 Å². The van der Waals surface area contributed by atoms with Gasteiger partial charge in [-0.15, -0.1) is 11.3 Å². The molecule has 1 fully saturated rings. The first kappa shape index (κ1) is 23.1. The van der Waals surface area contributed by atoms with Gasteiger partial charge in [-0.3, -0.25) is 19.0 Å². The van der Waals surface area contributed by atoms with E-state index in [1.54, 1.807) is 6.92 Å². The maximum Gasteiger partial charge on any atom is 0.262 e. The summed E-state index contributed by atoms with van der Waals surface area (Å²) >= 11 is 1.04. The smallest absolute Gasteiger partial charge is 0.262 e. The number of fused-ring (bicyclic) bond motifs is 1. The SMILES string of the molecule is Cc1c(C(N)=O)sc2ncn(CC(=O)Nc3ccc(S(=O)(=O)N4CCCCC4)cc3)c(=O)c12. The van der Waals surface area contributed by atoms with E-state index in [0.29, 0.717) is 29.2 Å². The van der Waals surface area contributed by atoms with Crippen molar-refractivity contribution in [1.82, 2.24) is 13.9 Å². The average molecular weight is 490 g/mol. The quantitative estimate of drug-likeness (QED) is 0.539. The van der Waals surface area contributed by atoms with Crippen molar-refractivity contribution in [3.8, 4) is 0 Å². The zero-order chi connectivity index (χ0) is 23.8. The van der Waals surface area contributed by atoms with Crippen molar-refractivity contribution in [2.45, 2.75) is 37.6 Å². The Morgan fingerprint density at radius 2 is 1.82 bits per heavy atom. The lowest BCUT2D eigenvalue weighted by atomic mass is 10.2. The van der Waals surface area contributed by atoms with E-state index in [1.165, 1.54) is 34.9 Å². The van der Waals surface area contributed by atoms with E-state index in [-0.39, 0.29) is 21.7 Å². The monoisotopic (exact) mass is 489 g/mol. The molecule has 33 heavy (non-hydrogen) atoms. The number of anilines is 1. The summed E-state index contributed by atoms with van der Waals surface area (Å²) in [5.74, 6) is -1.11.